The topological polar surface area (TPSA) is 58.6 Å². The van der Waals surface area contributed by atoms with Crippen molar-refractivity contribution >= 4 is 5.91 Å². The van der Waals surface area contributed by atoms with E-state index in [2.05, 4.69) is 0 Å². The Labute approximate surface area is 106 Å². The normalized spacial score (nSPS) is 20.3. The summed E-state index contributed by atoms with van der Waals surface area (Å²) in [6.07, 6.45) is 4.48. The number of hydrogen-bond donors (Lipinski definition) is 2. The zero-order valence-corrected chi connectivity index (χ0v) is 10.2. The highest BCUT2D eigenvalue weighted by atomic mass is 16.5. The number of nitrogens with one attached hydrogen (secondary N) is 1. The second-order valence-corrected chi connectivity index (χ2v) is 5.12. The predicted octanol–water partition coefficient (Wildman–Crippen LogP) is 1.94. The molecule has 0 radical (unpaired) electrons. The van der Waals surface area contributed by atoms with Crippen molar-refractivity contribution in [1.29, 1.82) is 0 Å². The number of carbonyl (C=O) groups is 1. The Morgan fingerprint density at radius 3 is 2.83 bits per heavy atom. The van der Waals surface area contributed by atoms with E-state index in [1.165, 1.54) is 5.56 Å². The third-order valence-corrected chi connectivity index (χ3v) is 4.22. The molecule has 0 bridgehead atoms. The molecule has 18 heavy (non-hydrogen) atoms. The van der Waals surface area contributed by atoms with Gasteiger partial charge < -0.3 is 4.74 Å². The van der Waals surface area contributed by atoms with Crippen molar-refractivity contribution in [3.05, 3.63) is 29.3 Å². The second-order valence-electron chi connectivity index (χ2n) is 5.12. The number of fused-ring (bicyclic) bond motifs is 1. The van der Waals surface area contributed by atoms with Gasteiger partial charge in [-0.15, -0.1) is 0 Å². The first kappa shape index (κ1) is 11.5. The van der Waals surface area contributed by atoms with Gasteiger partial charge in [-0.05, 0) is 18.4 Å². The lowest BCUT2D eigenvalue weighted by atomic mass is 9.77. The maximum atomic E-state index is 12.1. The van der Waals surface area contributed by atoms with Crippen LogP contribution in [0.2, 0.25) is 0 Å². The van der Waals surface area contributed by atoms with E-state index in [0.29, 0.717) is 6.61 Å². The van der Waals surface area contributed by atoms with Crippen molar-refractivity contribution in [1.82, 2.24) is 5.48 Å². The summed E-state index contributed by atoms with van der Waals surface area (Å²) in [7, 11) is 0. The first-order valence-corrected chi connectivity index (χ1v) is 6.48. The zero-order valence-electron chi connectivity index (χ0n) is 10.2. The number of hydroxylamine groups is 1. The summed E-state index contributed by atoms with van der Waals surface area (Å²) in [5, 5.41) is 9.03. The van der Waals surface area contributed by atoms with E-state index in [1.807, 2.05) is 23.7 Å². The molecular formula is C14H17NO3. The van der Waals surface area contributed by atoms with E-state index >= 15 is 0 Å². The number of benzene rings is 1. The van der Waals surface area contributed by atoms with Crippen LogP contribution in [0.3, 0.4) is 0 Å². The molecule has 4 nitrogen and oxygen atoms in total. The van der Waals surface area contributed by atoms with Crippen molar-refractivity contribution in [3.63, 3.8) is 0 Å². The molecule has 2 aliphatic rings. The number of amides is 1. The molecule has 1 aromatic rings. The third-order valence-electron chi connectivity index (χ3n) is 4.22. The molecule has 2 N–H and O–H groups in total. The van der Waals surface area contributed by atoms with Crippen LogP contribution in [0.15, 0.2) is 18.2 Å². The summed E-state index contributed by atoms with van der Waals surface area (Å²) < 4.78 is 5.70. The molecule has 1 saturated carbocycles. The van der Waals surface area contributed by atoms with Crippen LogP contribution >= 0.6 is 0 Å². The number of hydrogen-bond acceptors (Lipinski definition) is 3. The molecule has 1 aromatic carbocycles. The van der Waals surface area contributed by atoms with Crippen LogP contribution in [0, 0.1) is 0 Å². The molecule has 1 amide bonds. The predicted molar refractivity (Wildman–Crippen MR) is 65.7 cm³/mol. The minimum absolute atomic E-state index is 0.302. The van der Waals surface area contributed by atoms with Gasteiger partial charge >= 0.3 is 0 Å². The van der Waals surface area contributed by atoms with Gasteiger partial charge in [0.1, 0.15) is 5.75 Å². The van der Waals surface area contributed by atoms with Gasteiger partial charge in [-0.2, -0.15) is 0 Å². The SMILES string of the molecule is O=C(NO)C1(c2cccc3c2OCC3)CCCC1. The van der Waals surface area contributed by atoms with E-state index in [-0.39, 0.29) is 5.91 Å². The molecule has 0 spiro atoms. The Balaban J connectivity index is 2.12. The number of rotatable bonds is 2. The first-order valence-electron chi connectivity index (χ1n) is 6.48. The lowest BCUT2D eigenvalue weighted by Crippen LogP contribution is -2.41. The number of para-hydroxylation sites is 1. The summed E-state index contributed by atoms with van der Waals surface area (Å²) in [5.41, 5.74) is 3.35. The van der Waals surface area contributed by atoms with Gasteiger partial charge in [-0.3, -0.25) is 10.0 Å². The van der Waals surface area contributed by atoms with Crippen molar-refractivity contribution in [2.24, 2.45) is 0 Å². The van der Waals surface area contributed by atoms with Gasteiger partial charge in [0.15, 0.2) is 0 Å². The number of ether oxygens (including phenoxy) is 1. The Bertz CT molecular complexity index is 478. The van der Waals surface area contributed by atoms with E-state index in [0.717, 1.165) is 43.4 Å². The Hall–Kier alpha value is -1.55. The number of carbonyl (C=O) groups excluding carboxylic acids is 1. The van der Waals surface area contributed by atoms with E-state index < -0.39 is 5.41 Å². The zero-order chi connectivity index (χ0) is 12.6. The average Bonchev–Trinajstić information content (AvgIpc) is 3.06. The van der Waals surface area contributed by atoms with Gasteiger partial charge in [0.05, 0.1) is 12.0 Å². The molecule has 96 valence electrons. The third kappa shape index (κ3) is 1.52. The highest BCUT2D eigenvalue weighted by Crippen LogP contribution is 2.47. The fourth-order valence-electron chi connectivity index (χ4n) is 3.30. The van der Waals surface area contributed by atoms with Crippen molar-refractivity contribution in [2.75, 3.05) is 6.61 Å². The largest absolute Gasteiger partial charge is 0.493 e. The summed E-state index contributed by atoms with van der Waals surface area (Å²) in [4.78, 5) is 12.1. The van der Waals surface area contributed by atoms with Crippen LogP contribution in [0.4, 0.5) is 0 Å². The van der Waals surface area contributed by atoms with Crippen molar-refractivity contribution < 1.29 is 14.7 Å². The smallest absolute Gasteiger partial charge is 0.254 e. The van der Waals surface area contributed by atoms with Crippen molar-refractivity contribution in [3.8, 4) is 5.75 Å². The quantitative estimate of drug-likeness (QED) is 0.620. The summed E-state index contributed by atoms with van der Waals surface area (Å²) in [6.45, 7) is 0.684. The molecule has 1 fully saturated rings. The molecule has 0 aromatic heterocycles. The van der Waals surface area contributed by atoms with Crippen LogP contribution in [-0.4, -0.2) is 17.7 Å². The minimum Gasteiger partial charge on any atom is -0.493 e. The molecule has 1 aliphatic heterocycles. The van der Waals surface area contributed by atoms with Crippen LogP contribution in [-0.2, 0) is 16.6 Å². The molecule has 0 atom stereocenters. The maximum Gasteiger partial charge on any atom is 0.254 e. The molecule has 0 saturated heterocycles. The van der Waals surface area contributed by atoms with Gasteiger partial charge in [-0.1, -0.05) is 31.0 Å². The summed E-state index contributed by atoms with van der Waals surface area (Å²) in [6, 6.07) is 5.99. The lowest BCUT2D eigenvalue weighted by Gasteiger charge is -2.28. The van der Waals surface area contributed by atoms with Gasteiger partial charge in [0.2, 0.25) is 0 Å². The summed E-state index contributed by atoms with van der Waals surface area (Å²) >= 11 is 0. The first-order chi connectivity index (χ1) is 8.78. The summed E-state index contributed by atoms with van der Waals surface area (Å²) in [5.74, 6) is 0.562. The molecule has 4 heteroatoms. The fraction of sp³-hybridized carbons (Fsp3) is 0.500. The van der Waals surface area contributed by atoms with Gasteiger partial charge in [0, 0.05) is 12.0 Å². The monoisotopic (exact) mass is 247 g/mol. The lowest BCUT2D eigenvalue weighted by molar-refractivity contribution is -0.135. The maximum absolute atomic E-state index is 12.1. The highest BCUT2D eigenvalue weighted by Gasteiger charge is 2.45. The van der Waals surface area contributed by atoms with Crippen LogP contribution < -0.4 is 10.2 Å². The Morgan fingerprint density at radius 2 is 2.11 bits per heavy atom. The molecule has 0 unspecified atom stereocenters. The second kappa shape index (κ2) is 4.28. The van der Waals surface area contributed by atoms with E-state index in [4.69, 9.17) is 9.94 Å². The van der Waals surface area contributed by atoms with Gasteiger partial charge in [-0.25, -0.2) is 5.48 Å². The van der Waals surface area contributed by atoms with Crippen molar-refractivity contribution in [2.45, 2.75) is 37.5 Å². The molecular weight excluding hydrogens is 230 g/mol. The van der Waals surface area contributed by atoms with E-state index in [1.54, 1.807) is 0 Å². The molecule has 1 heterocycles. The van der Waals surface area contributed by atoms with E-state index in [9.17, 15) is 4.79 Å². The van der Waals surface area contributed by atoms with Gasteiger partial charge in [0.25, 0.3) is 5.91 Å². The molecule has 3 rings (SSSR count). The standard InChI is InChI=1S/C14H17NO3/c16-13(15-17)14(7-1-2-8-14)11-5-3-4-10-6-9-18-12(10)11/h3-5,17H,1-2,6-9H2,(H,15,16). The minimum atomic E-state index is -0.607. The van der Waals surface area contributed by atoms with Crippen LogP contribution in [0.25, 0.3) is 0 Å². The fourth-order valence-corrected chi connectivity index (χ4v) is 3.30. The Morgan fingerprint density at radius 1 is 1.33 bits per heavy atom. The van der Waals surface area contributed by atoms with Crippen LogP contribution in [0.5, 0.6) is 5.75 Å². The van der Waals surface area contributed by atoms with Crippen LogP contribution in [0.1, 0.15) is 36.8 Å². The average molecular weight is 247 g/mol. The molecule has 1 aliphatic carbocycles. The Kier molecular flexibility index (Phi) is 2.74. The highest BCUT2D eigenvalue weighted by molar-refractivity contribution is 5.88.